The Balaban J connectivity index is 0.00000139. The number of nitrogens with one attached hydrogen (secondary N) is 2. The van der Waals surface area contributed by atoms with Crippen LogP contribution in [-0.4, -0.2) is 81.6 Å². The monoisotopic (exact) mass is 724 g/mol. The first kappa shape index (κ1) is 41.2. The Morgan fingerprint density at radius 1 is 1.00 bits per heavy atom. The molecule has 1 aliphatic heterocycles. The summed E-state index contributed by atoms with van der Waals surface area (Å²) in [4.78, 5) is 48.7. The van der Waals surface area contributed by atoms with Crippen LogP contribution in [0.25, 0.3) is 33.9 Å². The van der Waals surface area contributed by atoms with Crippen molar-refractivity contribution < 1.29 is 32.6 Å². The summed E-state index contributed by atoms with van der Waals surface area (Å²) in [5, 5.41) is 6.89. The summed E-state index contributed by atoms with van der Waals surface area (Å²) >= 11 is 0. The number of alkyl halides is 3. The molecule has 4 heterocycles. The van der Waals surface area contributed by atoms with Crippen LogP contribution in [0.15, 0.2) is 42.9 Å². The summed E-state index contributed by atoms with van der Waals surface area (Å²) in [6, 6.07) is 6.68. The van der Waals surface area contributed by atoms with E-state index >= 15 is 0 Å². The fourth-order valence-corrected chi connectivity index (χ4v) is 5.82. The highest BCUT2D eigenvalue weighted by Gasteiger charge is 2.38. The Bertz CT molecular complexity index is 1770. The summed E-state index contributed by atoms with van der Waals surface area (Å²) < 4.78 is 47.7. The zero-order valence-corrected chi connectivity index (χ0v) is 30.6. The Hall–Kier alpha value is -5.23. The van der Waals surface area contributed by atoms with Gasteiger partial charge in [0.25, 0.3) is 6.47 Å². The second-order valence-corrected chi connectivity index (χ2v) is 14.0. The first-order valence-corrected chi connectivity index (χ1v) is 16.7. The Morgan fingerprint density at radius 2 is 1.60 bits per heavy atom. The minimum Gasteiger partial charge on any atom is -0.483 e. The molecule has 1 amide bonds. The fraction of sp³-hybridized carbons (Fsp3) is 0.459. The van der Waals surface area contributed by atoms with Crippen LogP contribution >= 0.6 is 0 Å². The molecule has 0 unspecified atom stereocenters. The van der Waals surface area contributed by atoms with Crippen molar-refractivity contribution in [3.05, 3.63) is 60.2 Å². The number of aromatic amines is 2. The van der Waals surface area contributed by atoms with Crippen LogP contribution in [0.1, 0.15) is 91.1 Å². The number of benzene rings is 1. The molecule has 280 valence electrons. The number of rotatable bonds is 8. The van der Waals surface area contributed by atoms with Crippen molar-refractivity contribution in [1.82, 2.24) is 39.7 Å². The third-order valence-electron chi connectivity index (χ3n) is 7.93. The topological polar surface area (TPSA) is 153 Å². The number of hydrogen-bond acceptors (Lipinski definition) is 8. The van der Waals surface area contributed by atoms with E-state index < -0.39 is 23.6 Å². The van der Waals surface area contributed by atoms with Crippen LogP contribution in [0.4, 0.5) is 18.0 Å². The number of likely N-dealkylation sites (tertiary alicyclic amines) is 1. The number of nitrogens with zero attached hydrogens (tertiary/aromatic N) is 6. The highest BCUT2D eigenvalue weighted by atomic mass is 19.4. The first-order valence-electron chi connectivity index (χ1n) is 16.7. The van der Waals surface area contributed by atoms with Crippen molar-refractivity contribution in [1.29, 1.82) is 0 Å². The van der Waals surface area contributed by atoms with Gasteiger partial charge < -0.3 is 24.7 Å². The van der Waals surface area contributed by atoms with E-state index in [-0.39, 0.29) is 41.7 Å². The summed E-state index contributed by atoms with van der Waals surface area (Å²) in [7, 11) is 0. The van der Waals surface area contributed by atoms with Crippen LogP contribution in [0.5, 0.6) is 0 Å². The second kappa shape index (κ2) is 17.3. The number of terminal acetylenes is 1. The third kappa shape index (κ3) is 10.6. The zero-order valence-electron chi connectivity index (χ0n) is 30.6. The lowest BCUT2D eigenvalue weighted by Gasteiger charge is -2.36. The summed E-state index contributed by atoms with van der Waals surface area (Å²) in [5.74, 6) is 1.37. The van der Waals surface area contributed by atoms with Crippen molar-refractivity contribution in [3.63, 3.8) is 0 Å². The Kier molecular flexibility index (Phi) is 13.7. The number of carboxylic acid groups (broad SMARTS) is 1. The highest BCUT2D eigenvalue weighted by molar-refractivity contribution is 5.69. The number of carbonyl (C=O) groups is 2. The molecule has 12 nitrogen and oxygen atoms in total. The molecule has 4 aromatic rings. The summed E-state index contributed by atoms with van der Waals surface area (Å²) in [5.41, 5.74) is 0.572. The molecule has 3 N–H and O–H groups in total. The van der Waals surface area contributed by atoms with Gasteiger partial charge in [0.2, 0.25) is 0 Å². The predicted octanol–water partition coefficient (Wildman–Crippen LogP) is 7.98. The van der Waals surface area contributed by atoms with Gasteiger partial charge in [-0.2, -0.15) is 13.2 Å². The van der Waals surface area contributed by atoms with Gasteiger partial charge in [-0.05, 0) is 67.3 Å². The average Bonchev–Trinajstić information content (AvgIpc) is 3.85. The standard InChI is InChI=1S/C34H43F3N8O2.C2H2.CH2O2/c1-8-15-44(31(46)47-33(5,6)7)20-26-42-27(28(43-26)34(35,36)37)21-11-13-22(14-12-21)29-38-17-23(18-39-29)24-19-40-30(41-24)25-10-9-16-45(25)32(2,3)4;1-2;2-1-3/h11-14,17-19,25H,8-10,15-16,20H2,1-7H3,(H,40,41)(H,42,43);1-2H;1H,(H,2,3)/t25-;;/m0../s1. The van der Waals surface area contributed by atoms with E-state index in [1.165, 1.54) is 4.90 Å². The molecular formula is C37H47F3N8O4. The molecule has 0 bridgehead atoms. The fourth-order valence-electron chi connectivity index (χ4n) is 5.82. The van der Waals surface area contributed by atoms with E-state index in [0.29, 0.717) is 24.4 Å². The van der Waals surface area contributed by atoms with E-state index in [1.54, 1.807) is 63.6 Å². The number of H-pyrrole nitrogens is 2. The summed E-state index contributed by atoms with van der Waals surface area (Å²) in [6.45, 7) is 14.6. The largest absolute Gasteiger partial charge is 0.483 e. The van der Waals surface area contributed by atoms with Gasteiger partial charge in [0.05, 0.1) is 24.5 Å². The van der Waals surface area contributed by atoms with Crippen LogP contribution < -0.4 is 0 Å². The molecule has 1 saturated heterocycles. The SMILES string of the molecule is C#C.CCCN(Cc1nc(-c2ccc(-c3ncc(-c4cnc([C@@H]5CCCN5C(C)(C)C)[nH]4)cn3)cc2)c(C(F)(F)F)[nH]1)C(=O)OC(C)(C)C.O=CO. The number of aromatic nitrogens is 6. The van der Waals surface area contributed by atoms with E-state index in [9.17, 15) is 18.0 Å². The molecule has 1 fully saturated rings. The smallest absolute Gasteiger partial charge is 0.433 e. The molecule has 0 radical (unpaired) electrons. The van der Waals surface area contributed by atoms with Crippen LogP contribution in [0, 0.1) is 12.8 Å². The lowest BCUT2D eigenvalue weighted by atomic mass is 10.0. The molecule has 1 atom stereocenters. The van der Waals surface area contributed by atoms with Crippen molar-refractivity contribution in [2.75, 3.05) is 13.1 Å². The minimum atomic E-state index is -4.69. The van der Waals surface area contributed by atoms with Crippen molar-refractivity contribution in [2.24, 2.45) is 0 Å². The third-order valence-corrected chi connectivity index (χ3v) is 7.93. The van der Waals surface area contributed by atoms with Crippen molar-refractivity contribution in [2.45, 2.75) is 97.6 Å². The maximum atomic E-state index is 14.1. The number of ether oxygens (including phenoxy) is 1. The number of amides is 1. The molecule has 0 spiro atoms. The van der Waals surface area contributed by atoms with Crippen molar-refractivity contribution in [3.8, 4) is 46.7 Å². The molecule has 0 saturated carbocycles. The van der Waals surface area contributed by atoms with Gasteiger partial charge in [0, 0.05) is 41.2 Å². The Labute approximate surface area is 302 Å². The van der Waals surface area contributed by atoms with Crippen LogP contribution in [0.3, 0.4) is 0 Å². The van der Waals surface area contributed by atoms with Gasteiger partial charge in [0.15, 0.2) is 5.82 Å². The van der Waals surface area contributed by atoms with E-state index in [0.717, 1.165) is 36.5 Å². The lowest BCUT2D eigenvalue weighted by molar-refractivity contribution is -0.140. The number of hydrogen-bond donors (Lipinski definition) is 3. The van der Waals surface area contributed by atoms with E-state index in [1.807, 2.05) is 6.92 Å². The predicted molar refractivity (Wildman–Crippen MR) is 192 cm³/mol. The van der Waals surface area contributed by atoms with Gasteiger partial charge in [-0.25, -0.2) is 24.7 Å². The average molecular weight is 725 g/mol. The lowest BCUT2D eigenvalue weighted by Crippen LogP contribution is -2.40. The number of carbonyl (C=O) groups excluding carboxylic acids is 1. The maximum absolute atomic E-state index is 14.1. The first-order chi connectivity index (χ1) is 24.4. The molecule has 1 aliphatic rings. The quantitative estimate of drug-likeness (QED) is 0.121. The molecule has 1 aromatic carbocycles. The van der Waals surface area contributed by atoms with Gasteiger partial charge in [-0.3, -0.25) is 9.69 Å². The Morgan fingerprint density at radius 3 is 2.13 bits per heavy atom. The molecule has 52 heavy (non-hydrogen) atoms. The van der Waals surface area contributed by atoms with Crippen LogP contribution in [-0.2, 0) is 22.3 Å². The highest BCUT2D eigenvalue weighted by Crippen LogP contribution is 2.38. The number of halogens is 3. The van der Waals surface area contributed by atoms with Gasteiger partial charge in [-0.15, -0.1) is 12.8 Å². The minimum absolute atomic E-state index is 0.00985. The number of imidazole rings is 2. The van der Waals surface area contributed by atoms with Crippen LogP contribution in [0.2, 0.25) is 0 Å². The molecule has 0 aliphatic carbocycles. The zero-order chi connectivity index (χ0) is 38.9. The van der Waals surface area contributed by atoms with Gasteiger partial charge in [-0.1, -0.05) is 31.2 Å². The normalized spacial score (nSPS) is 14.8. The molecule has 5 rings (SSSR count). The maximum Gasteiger partial charge on any atom is 0.433 e. The second-order valence-electron chi connectivity index (χ2n) is 14.0. The molecule has 3 aromatic heterocycles. The van der Waals surface area contributed by atoms with Crippen molar-refractivity contribution >= 4 is 12.6 Å². The summed E-state index contributed by atoms with van der Waals surface area (Å²) in [6.07, 6.45) is 10.7. The van der Waals surface area contributed by atoms with E-state index in [4.69, 9.17) is 14.6 Å². The molecule has 15 heteroatoms. The molecular weight excluding hydrogens is 677 g/mol. The van der Waals surface area contributed by atoms with Gasteiger partial charge >= 0.3 is 12.3 Å². The van der Waals surface area contributed by atoms with E-state index in [2.05, 4.69) is 68.4 Å². The van der Waals surface area contributed by atoms with Gasteiger partial charge in [0.1, 0.15) is 28.6 Å².